The van der Waals surface area contributed by atoms with Gasteiger partial charge in [0.05, 0.1) is 12.7 Å². The maximum Gasteiger partial charge on any atom is 0.118 e. The number of fused-ring (bicyclic) bond motifs is 3. The number of aliphatic hydroxyl groups excluding tert-OH is 2. The Hall–Kier alpha value is -0.720. The highest BCUT2D eigenvalue weighted by Gasteiger charge is 2.43. The number of benzene rings is 2. The molecule has 21 heavy (non-hydrogen) atoms. The number of hydrogen-bond donors (Lipinski definition) is 3. The summed E-state index contributed by atoms with van der Waals surface area (Å²) < 4.78 is 1.73. The Morgan fingerprint density at radius 1 is 0.952 bits per heavy atom. The minimum Gasteiger partial charge on any atom is -0.394 e. The molecule has 0 amide bonds. The lowest BCUT2D eigenvalue weighted by atomic mass is 9.86. The fraction of sp³-hybridized carbons (Fsp3) is 0.250. The zero-order valence-electron chi connectivity index (χ0n) is 11.1. The van der Waals surface area contributed by atoms with E-state index in [9.17, 15) is 10.2 Å². The Kier molecular flexibility index (Phi) is 3.96. The van der Waals surface area contributed by atoms with Gasteiger partial charge in [-0.15, -0.1) is 0 Å². The van der Waals surface area contributed by atoms with Crippen LogP contribution in [0.4, 0.5) is 0 Å². The van der Waals surface area contributed by atoms with Crippen LogP contribution in [-0.2, 0) is 5.60 Å². The highest BCUT2D eigenvalue weighted by atomic mass is 79.9. The molecule has 0 aromatic heterocycles. The van der Waals surface area contributed by atoms with Crippen LogP contribution in [-0.4, -0.2) is 28.0 Å². The molecule has 1 unspecified atom stereocenters. The first-order chi connectivity index (χ1) is 9.95. The van der Waals surface area contributed by atoms with Crippen LogP contribution < -0.4 is 0 Å². The first-order valence-electron chi connectivity index (χ1n) is 6.57. The molecule has 0 saturated heterocycles. The molecule has 0 saturated carbocycles. The predicted octanol–water partition coefficient (Wildman–Crippen LogP) is 3.17. The summed E-state index contributed by atoms with van der Waals surface area (Å²) in [5.74, 6) is 0. The monoisotopic (exact) mass is 412 g/mol. The van der Waals surface area contributed by atoms with E-state index < -0.39 is 11.7 Å². The predicted molar refractivity (Wildman–Crippen MR) is 88.0 cm³/mol. The van der Waals surface area contributed by atoms with Crippen LogP contribution in [0, 0.1) is 0 Å². The first-order valence-corrected chi connectivity index (χ1v) is 8.16. The van der Waals surface area contributed by atoms with Gasteiger partial charge in [0.2, 0.25) is 0 Å². The fourth-order valence-corrected chi connectivity index (χ4v) is 3.68. The summed E-state index contributed by atoms with van der Waals surface area (Å²) in [6.07, 6.45) is -0.928. The van der Waals surface area contributed by atoms with Crippen molar-refractivity contribution in [1.29, 1.82) is 0 Å². The lowest BCUT2D eigenvalue weighted by molar-refractivity contribution is -0.00120. The second-order valence-electron chi connectivity index (χ2n) is 5.28. The van der Waals surface area contributed by atoms with Crippen LogP contribution in [0.3, 0.4) is 0 Å². The SMILES string of the molecule is OCC(O)CC1(O)c2cc(Br)ccc2-c2ccc(Br)cc21. The van der Waals surface area contributed by atoms with Crippen LogP contribution in [0.15, 0.2) is 45.3 Å². The molecule has 0 spiro atoms. The van der Waals surface area contributed by atoms with Crippen LogP contribution >= 0.6 is 31.9 Å². The highest BCUT2D eigenvalue weighted by molar-refractivity contribution is 9.10. The van der Waals surface area contributed by atoms with Crippen molar-refractivity contribution in [3.8, 4) is 11.1 Å². The molecule has 110 valence electrons. The van der Waals surface area contributed by atoms with Gasteiger partial charge in [0.1, 0.15) is 5.60 Å². The molecule has 0 radical (unpaired) electrons. The summed E-state index contributed by atoms with van der Waals surface area (Å²) >= 11 is 6.85. The minimum absolute atomic E-state index is 0.0520. The zero-order chi connectivity index (χ0) is 15.2. The summed E-state index contributed by atoms with van der Waals surface area (Å²) in [5.41, 5.74) is 2.09. The molecule has 5 heteroatoms. The number of rotatable bonds is 3. The third-order valence-electron chi connectivity index (χ3n) is 3.89. The molecule has 3 N–H and O–H groups in total. The van der Waals surface area contributed by atoms with Crippen LogP contribution in [0.2, 0.25) is 0 Å². The normalized spacial score (nSPS) is 16.4. The van der Waals surface area contributed by atoms with Gasteiger partial charge in [-0.2, -0.15) is 0 Å². The minimum atomic E-state index is -1.31. The second-order valence-corrected chi connectivity index (χ2v) is 7.11. The topological polar surface area (TPSA) is 60.7 Å². The molecule has 2 aromatic carbocycles. The van der Waals surface area contributed by atoms with E-state index in [4.69, 9.17) is 5.11 Å². The van der Waals surface area contributed by atoms with Crippen LogP contribution in [0.5, 0.6) is 0 Å². The molecule has 1 aliphatic carbocycles. The van der Waals surface area contributed by atoms with Crippen LogP contribution in [0.25, 0.3) is 11.1 Å². The van der Waals surface area contributed by atoms with E-state index in [-0.39, 0.29) is 13.0 Å². The van der Waals surface area contributed by atoms with Gasteiger partial charge in [-0.05, 0) is 46.5 Å². The molecular weight excluding hydrogens is 400 g/mol. The maximum absolute atomic E-state index is 11.2. The number of hydrogen-bond acceptors (Lipinski definition) is 3. The fourth-order valence-electron chi connectivity index (χ4n) is 2.96. The quantitative estimate of drug-likeness (QED) is 0.724. The first kappa shape index (κ1) is 15.2. The molecule has 0 heterocycles. The van der Waals surface area contributed by atoms with Crippen molar-refractivity contribution in [3.63, 3.8) is 0 Å². The van der Waals surface area contributed by atoms with Gasteiger partial charge in [-0.3, -0.25) is 0 Å². The third-order valence-corrected chi connectivity index (χ3v) is 4.87. The van der Waals surface area contributed by atoms with Crippen molar-refractivity contribution in [2.45, 2.75) is 18.1 Å². The molecule has 1 aliphatic rings. The van der Waals surface area contributed by atoms with Gasteiger partial charge in [0, 0.05) is 15.4 Å². The van der Waals surface area contributed by atoms with E-state index in [0.717, 1.165) is 31.2 Å². The molecule has 0 fully saturated rings. The Balaban J connectivity index is 2.24. The van der Waals surface area contributed by atoms with E-state index in [1.165, 1.54) is 0 Å². The van der Waals surface area contributed by atoms with Gasteiger partial charge in [0.25, 0.3) is 0 Å². The molecule has 2 aromatic rings. The van der Waals surface area contributed by atoms with Gasteiger partial charge < -0.3 is 15.3 Å². The van der Waals surface area contributed by atoms with Crippen molar-refractivity contribution >= 4 is 31.9 Å². The Bertz CT molecular complexity index is 648. The molecule has 0 bridgehead atoms. The van der Waals surface area contributed by atoms with Crippen molar-refractivity contribution in [3.05, 3.63) is 56.5 Å². The largest absolute Gasteiger partial charge is 0.394 e. The third kappa shape index (κ3) is 2.47. The highest BCUT2D eigenvalue weighted by Crippen LogP contribution is 2.51. The summed E-state index contributed by atoms with van der Waals surface area (Å²) in [4.78, 5) is 0. The Morgan fingerprint density at radius 2 is 1.43 bits per heavy atom. The summed E-state index contributed by atoms with van der Waals surface area (Å²) in [6.45, 7) is -0.380. The van der Waals surface area contributed by atoms with Crippen LogP contribution in [0.1, 0.15) is 17.5 Å². The number of halogens is 2. The molecule has 3 nitrogen and oxygen atoms in total. The molecule has 0 aliphatic heterocycles. The summed E-state index contributed by atoms with van der Waals surface area (Å²) in [5, 5.41) is 30.2. The number of aliphatic hydroxyl groups is 3. The van der Waals surface area contributed by atoms with Crippen molar-refractivity contribution < 1.29 is 15.3 Å². The Labute approximate surface area is 139 Å². The average Bonchev–Trinajstić information content (AvgIpc) is 2.68. The van der Waals surface area contributed by atoms with Crippen molar-refractivity contribution in [2.24, 2.45) is 0 Å². The van der Waals surface area contributed by atoms with Gasteiger partial charge in [-0.25, -0.2) is 0 Å². The van der Waals surface area contributed by atoms with Gasteiger partial charge in [-0.1, -0.05) is 44.0 Å². The molecular formula is C16H14Br2O3. The second kappa shape index (κ2) is 5.48. The van der Waals surface area contributed by atoms with E-state index in [1.54, 1.807) is 0 Å². The van der Waals surface area contributed by atoms with Crippen molar-refractivity contribution in [1.82, 2.24) is 0 Å². The zero-order valence-corrected chi connectivity index (χ0v) is 14.2. The Morgan fingerprint density at radius 3 is 1.86 bits per heavy atom. The lowest BCUT2D eigenvalue weighted by Crippen LogP contribution is -2.31. The summed E-state index contributed by atoms with van der Waals surface area (Å²) in [7, 11) is 0. The van der Waals surface area contributed by atoms with Gasteiger partial charge in [0.15, 0.2) is 0 Å². The van der Waals surface area contributed by atoms with E-state index in [0.29, 0.717) is 0 Å². The standard InChI is InChI=1S/C16H14Br2O3/c17-9-1-3-12-13-4-2-10(18)6-15(13)16(21,14(12)5-9)7-11(20)8-19/h1-6,11,19-21H,7-8H2. The van der Waals surface area contributed by atoms with E-state index in [2.05, 4.69) is 31.9 Å². The maximum atomic E-state index is 11.2. The van der Waals surface area contributed by atoms with E-state index in [1.807, 2.05) is 36.4 Å². The average molecular weight is 414 g/mol. The smallest absolute Gasteiger partial charge is 0.118 e. The molecule has 1 atom stereocenters. The molecule has 3 rings (SSSR count). The van der Waals surface area contributed by atoms with E-state index >= 15 is 0 Å². The van der Waals surface area contributed by atoms with Crippen molar-refractivity contribution in [2.75, 3.05) is 6.61 Å². The lowest BCUT2D eigenvalue weighted by Gasteiger charge is -2.28. The summed E-state index contributed by atoms with van der Waals surface area (Å²) in [6, 6.07) is 11.5. The van der Waals surface area contributed by atoms with Gasteiger partial charge >= 0.3 is 0 Å².